The fourth-order valence-electron chi connectivity index (χ4n) is 1.29. The van der Waals surface area contributed by atoms with Crippen molar-refractivity contribution in [2.75, 3.05) is 0 Å². The molecule has 0 unspecified atom stereocenters. The van der Waals surface area contributed by atoms with E-state index >= 15 is 0 Å². The molecule has 5 heteroatoms. The van der Waals surface area contributed by atoms with Crippen LogP contribution in [0.5, 0.6) is 0 Å². The number of hydrogen-bond donors (Lipinski definition) is 0. The summed E-state index contributed by atoms with van der Waals surface area (Å²) in [5, 5.41) is 18.3. The van der Waals surface area contributed by atoms with Crippen LogP contribution in [0.25, 0.3) is 11.3 Å². The quantitative estimate of drug-likeness (QED) is 0.550. The fraction of sp³-hybridized carbons (Fsp3) is 0. The molecule has 15 heavy (non-hydrogen) atoms. The molecule has 0 aliphatic rings. The maximum atomic E-state index is 10.8. The Balaban J connectivity index is 2.58. The molecule has 0 aliphatic heterocycles. The predicted molar refractivity (Wildman–Crippen MR) is 54.1 cm³/mol. The van der Waals surface area contributed by atoms with E-state index in [0.717, 1.165) is 0 Å². The van der Waals surface area contributed by atoms with Crippen LogP contribution in [0, 0.1) is 10.1 Å². The molecule has 0 saturated carbocycles. The SMILES string of the molecule is O=[N+]([O-])c1ccccc1-c1cccnn1. The van der Waals surface area contributed by atoms with E-state index in [4.69, 9.17) is 0 Å². The summed E-state index contributed by atoms with van der Waals surface area (Å²) in [5.41, 5.74) is 1.03. The second-order valence-electron chi connectivity index (χ2n) is 2.88. The van der Waals surface area contributed by atoms with Crippen molar-refractivity contribution in [2.45, 2.75) is 0 Å². The van der Waals surface area contributed by atoms with Crippen molar-refractivity contribution < 1.29 is 4.92 Å². The third-order valence-electron chi connectivity index (χ3n) is 1.95. The van der Waals surface area contributed by atoms with Gasteiger partial charge in [0, 0.05) is 12.3 Å². The Kier molecular flexibility index (Phi) is 2.37. The van der Waals surface area contributed by atoms with Crippen molar-refractivity contribution in [1.82, 2.24) is 10.2 Å². The fourth-order valence-corrected chi connectivity index (χ4v) is 1.29. The van der Waals surface area contributed by atoms with Crippen molar-refractivity contribution in [3.8, 4) is 11.3 Å². The van der Waals surface area contributed by atoms with E-state index in [1.54, 1.807) is 30.3 Å². The van der Waals surface area contributed by atoms with Gasteiger partial charge in [-0.2, -0.15) is 10.2 Å². The van der Waals surface area contributed by atoms with Gasteiger partial charge in [-0.25, -0.2) is 0 Å². The maximum Gasteiger partial charge on any atom is 0.278 e. The zero-order chi connectivity index (χ0) is 10.7. The van der Waals surface area contributed by atoms with E-state index in [1.165, 1.54) is 12.3 Å². The standard InChI is InChI=1S/C10H7N3O2/c14-13(15)10-6-2-1-4-8(10)9-5-3-7-11-12-9/h1-7H. The smallest absolute Gasteiger partial charge is 0.258 e. The first-order valence-corrected chi connectivity index (χ1v) is 4.30. The number of benzene rings is 1. The summed E-state index contributed by atoms with van der Waals surface area (Å²) in [5.74, 6) is 0. The van der Waals surface area contributed by atoms with Gasteiger partial charge in [0.05, 0.1) is 16.2 Å². The largest absolute Gasteiger partial charge is 0.278 e. The Morgan fingerprint density at radius 3 is 2.60 bits per heavy atom. The Hall–Kier alpha value is -2.30. The lowest BCUT2D eigenvalue weighted by molar-refractivity contribution is -0.384. The number of aromatic nitrogens is 2. The number of rotatable bonds is 2. The van der Waals surface area contributed by atoms with Gasteiger partial charge < -0.3 is 0 Å². The van der Waals surface area contributed by atoms with Crippen LogP contribution in [-0.4, -0.2) is 15.1 Å². The van der Waals surface area contributed by atoms with Gasteiger partial charge in [0.1, 0.15) is 0 Å². The molecule has 5 nitrogen and oxygen atoms in total. The highest BCUT2D eigenvalue weighted by Gasteiger charge is 2.14. The van der Waals surface area contributed by atoms with E-state index < -0.39 is 4.92 Å². The highest BCUT2D eigenvalue weighted by atomic mass is 16.6. The third kappa shape index (κ3) is 1.80. The molecule has 2 rings (SSSR count). The Bertz CT molecular complexity index is 485. The van der Waals surface area contributed by atoms with Gasteiger partial charge in [-0.3, -0.25) is 10.1 Å². The van der Waals surface area contributed by atoms with E-state index in [-0.39, 0.29) is 5.69 Å². The summed E-state index contributed by atoms with van der Waals surface area (Å²) >= 11 is 0. The molecule has 0 atom stereocenters. The van der Waals surface area contributed by atoms with Crippen molar-refractivity contribution in [3.63, 3.8) is 0 Å². The summed E-state index contributed by atoms with van der Waals surface area (Å²) in [4.78, 5) is 10.3. The van der Waals surface area contributed by atoms with Crippen LogP contribution >= 0.6 is 0 Å². The molecule has 0 fully saturated rings. The van der Waals surface area contributed by atoms with Crippen molar-refractivity contribution in [2.24, 2.45) is 0 Å². The van der Waals surface area contributed by atoms with Crippen LogP contribution in [0.4, 0.5) is 5.69 Å². The van der Waals surface area contributed by atoms with E-state index in [2.05, 4.69) is 10.2 Å². The molecule has 1 aromatic carbocycles. The van der Waals surface area contributed by atoms with E-state index in [1.807, 2.05) is 0 Å². The van der Waals surface area contributed by atoms with Crippen LogP contribution in [-0.2, 0) is 0 Å². The van der Waals surface area contributed by atoms with Gasteiger partial charge in [0.25, 0.3) is 5.69 Å². The zero-order valence-corrected chi connectivity index (χ0v) is 7.70. The Morgan fingerprint density at radius 2 is 1.93 bits per heavy atom. The summed E-state index contributed by atoms with van der Waals surface area (Å²) in [6.07, 6.45) is 1.53. The molecule has 74 valence electrons. The molecule has 0 bridgehead atoms. The second-order valence-corrected chi connectivity index (χ2v) is 2.88. The molecular weight excluding hydrogens is 194 g/mol. The van der Waals surface area contributed by atoms with Gasteiger partial charge in [-0.15, -0.1) is 0 Å². The van der Waals surface area contributed by atoms with E-state index in [9.17, 15) is 10.1 Å². The number of para-hydroxylation sites is 1. The molecule has 0 aliphatic carbocycles. The molecule has 0 N–H and O–H groups in total. The second kappa shape index (κ2) is 3.83. The summed E-state index contributed by atoms with van der Waals surface area (Å²) in [6.45, 7) is 0. The van der Waals surface area contributed by atoms with E-state index in [0.29, 0.717) is 11.3 Å². The minimum atomic E-state index is -0.427. The normalized spacial score (nSPS) is 9.87. The number of nitro benzene ring substituents is 1. The minimum absolute atomic E-state index is 0.0398. The highest BCUT2D eigenvalue weighted by Crippen LogP contribution is 2.26. The Labute approximate surface area is 85.5 Å². The lowest BCUT2D eigenvalue weighted by Gasteiger charge is -1.99. The number of hydrogen-bond acceptors (Lipinski definition) is 4. The van der Waals surface area contributed by atoms with Crippen LogP contribution < -0.4 is 0 Å². The first kappa shape index (κ1) is 9.26. The third-order valence-corrected chi connectivity index (χ3v) is 1.95. The van der Waals surface area contributed by atoms with Crippen LogP contribution in [0.2, 0.25) is 0 Å². The van der Waals surface area contributed by atoms with Crippen LogP contribution in [0.15, 0.2) is 42.6 Å². The topological polar surface area (TPSA) is 68.9 Å². The molecule has 2 aromatic rings. The van der Waals surface area contributed by atoms with Crippen molar-refractivity contribution in [3.05, 3.63) is 52.7 Å². The molecule has 0 spiro atoms. The van der Waals surface area contributed by atoms with Crippen molar-refractivity contribution >= 4 is 5.69 Å². The molecule has 0 radical (unpaired) electrons. The highest BCUT2D eigenvalue weighted by molar-refractivity contribution is 5.69. The summed E-state index contributed by atoms with van der Waals surface area (Å²) < 4.78 is 0. The maximum absolute atomic E-state index is 10.8. The Morgan fingerprint density at radius 1 is 1.13 bits per heavy atom. The lowest BCUT2D eigenvalue weighted by atomic mass is 10.1. The molecular formula is C10H7N3O2. The van der Waals surface area contributed by atoms with Gasteiger partial charge in [-0.05, 0) is 18.2 Å². The number of nitrogens with zero attached hydrogens (tertiary/aromatic N) is 3. The molecule has 0 saturated heterocycles. The molecule has 1 heterocycles. The number of nitro groups is 1. The minimum Gasteiger partial charge on any atom is -0.258 e. The van der Waals surface area contributed by atoms with Gasteiger partial charge >= 0.3 is 0 Å². The summed E-state index contributed by atoms with van der Waals surface area (Å²) in [7, 11) is 0. The summed E-state index contributed by atoms with van der Waals surface area (Å²) in [6, 6.07) is 9.84. The zero-order valence-electron chi connectivity index (χ0n) is 7.70. The lowest BCUT2D eigenvalue weighted by Crippen LogP contribution is -1.93. The predicted octanol–water partition coefficient (Wildman–Crippen LogP) is 2.05. The van der Waals surface area contributed by atoms with Gasteiger partial charge in [0.15, 0.2) is 0 Å². The monoisotopic (exact) mass is 201 g/mol. The first-order chi connectivity index (χ1) is 7.29. The average Bonchev–Trinajstić information content (AvgIpc) is 2.30. The first-order valence-electron chi connectivity index (χ1n) is 4.30. The molecule has 0 amide bonds. The van der Waals surface area contributed by atoms with Crippen LogP contribution in [0.3, 0.4) is 0 Å². The van der Waals surface area contributed by atoms with Crippen molar-refractivity contribution in [1.29, 1.82) is 0 Å². The average molecular weight is 201 g/mol. The van der Waals surface area contributed by atoms with Gasteiger partial charge in [-0.1, -0.05) is 12.1 Å². The van der Waals surface area contributed by atoms with Gasteiger partial charge in [0.2, 0.25) is 0 Å². The van der Waals surface area contributed by atoms with Crippen LogP contribution in [0.1, 0.15) is 0 Å². The molecule has 1 aromatic heterocycles.